The number of urea groups is 1. The highest BCUT2D eigenvalue weighted by Gasteiger charge is 2.60. The van der Waals surface area contributed by atoms with Crippen molar-refractivity contribution in [3.05, 3.63) is 11.6 Å². The van der Waals surface area contributed by atoms with Crippen molar-refractivity contribution in [2.24, 2.45) is 40.4 Å². The van der Waals surface area contributed by atoms with E-state index in [0.29, 0.717) is 22.8 Å². The standard InChI is InChI=1S/C32H56N4O2/c1-20(2)34-29(37)22(5)26-11-12-27-25-10-9-23-19-24(33-17-18-36(8)30(38)35-21(3)4)13-15-31(23,6)28(25)14-16-32(26,27)7/h19-22,24-28,33H,9-18H2,1-8H3,(H,34,37)(H,35,38)/t22?,24-,25?,26-,27?,28?,31+,32-/m1/s1. The van der Waals surface area contributed by atoms with Gasteiger partial charge in [-0.2, -0.15) is 0 Å². The Labute approximate surface area is 232 Å². The van der Waals surface area contributed by atoms with Gasteiger partial charge < -0.3 is 20.9 Å². The van der Waals surface area contributed by atoms with Gasteiger partial charge in [0.25, 0.3) is 0 Å². The van der Waals surface area contributed by atoms with Crippen molar-refractivity contribution in [3.63, 3.8) is 0 Å². The second kappa shape index (κ2) is 11.5. The van der Waals surface area contributed by atoms with Gasteiger partial charge in [-0.25, -0.2) is 4.79 Å². The Hall–Kier alpha value is -1.56. The van der Waals surface area contributed by atoms with Crippen molar-refractivity contribution in [3.8, 4) is 0 Å². The van der Waals surface area contributed by atoms with Crippen molar-refractivity contribution in [2.45, 2.75) is 118 Å². The van der Waals surface area contributed by atoms with Crippen LogP contribution in [-0.2, 0) is 4.79 Å². The van der Waals surface area contributed by atoms with Crippen LogP contribution in [0.3, 0.4) is 0 Å². The van der Waals surface area contributed by atoms with E-state index in [-0.39, 0.29) is 29.9 Å². The molecule has 3 amide bonds. The maximum Gasteiger partial charge on any atom is 0.317 e. The molecule has 0 saturated heterocycles. The van der Waals surface area contributed by atoms with Crippen LogP contribution in [0.15, 0.2) is 11.6 Å². The average molecular weight is 529 g/mol. The molecular weight excluding hydrogens is 472 g/mol. The zero-order valence-electron chi connectivity index (χ0n) is 25.5. The molecule has 0 aliphatic heterocycles. The molecule has 6 nitrogen and oxygen atoms in total. The summed E-state index contributed by atoms with van der Waals surface area (Å²) in [6, 6.07) is 0.794. The fraction of sp³-hybridized carbons (Fsp3) is 0.875. The molecule has 0 heterocycles. The number of fused-ring (bicyclic) bond motifs is 5. The molecule has 0 aromatic rings. The van der Waals surface area contributed by atoms with Crippen LogP contribution in [0.1, 0.15) is 99.8 Å². The van der Waals surface area contributed by atoms with Gasteiger partial charge in [-0.05, 0) is 114 Å². The Morgan fingerprint density at radius 2 is 1.66 bits per heavy atom. The molecule has 38 heavy (non-hydrogen) atoms. The Morgan fingerprint density at radius 3 is 2.34 bits per heavy atom. The van der Waals surface area contributed by atoms with Gasteiger partial charge in [0, 0.05) is 44.2 Å². The predicted octanol–water partition coefficient (Wildman–Crippen LogP) is 5.73. The smallest absolute Gasteiger partial charge is 0.317 e. The minimum atomic E-state index is 0.00286. The van der Waals surface area contributed by atoms with Crippen LogP contribution in [0.4, 0.5) is 4.79 Å². The molecule has 4 aliphatic carbocycles. The Balaban J connectivity index is 1.38. The number of nitrogens with one attached hydrogen (secondary N) is 3. The SMILES string of the molecule is CC(C)NC(=O)C(C)[C@H]1CCC2C3CCC4=C[C@H](NCCN(C)C(=O)NC(C)C)CC[C@]4(C)C3CC[C@@]21C. The second-order valence-electron chi connectivity index (χ2n) is 14.3. The highest BCUT2D eigenvalue weighted by molar-refractivity contribution is 5.79. The quantitative estimate of drug-likeness (QED) is 0.352. The third-order valence-electron chi connectivity index (χ3n) is 11.2. The number of likely N-dealkylation sites (N-methyl/N-ethyl adjacent to an activating group) is 1. The number of nitrogens with zero attached hydrogens (tertiary/aromatic N) is 1. The third kappa shape index (κ3) is 5.67. The van der Waals surface area contributed by atoms with E-state index in [9.17, 15) is 9.59 Å². The summed E-state index contributed by atoms with van der Waals surface area (Å²) in [7, 11) is 1.87. The summed E-state index contributed by atoms with van der Waals surface area (Å²) in [5.74, 6) is 3.23. The minimum absolute atomic E-state index is 0.00286. The first-order valence-electron chi connectivity index (χ1n) is 15.6. The van der Waals surface area contributed by atoms with E-state index in [1.54, 1.807) is 10.5 Å². The zero-order chi connectivity index (χ0) is 27.8. The van der Waals surface area contributed by atoms with Gasteiger partial charge in [0.1, 0.15) is 0 Å². The number of allylic oxidation sites excluding steroid dienone is 1. The Morgan fingerprint density at radius 1 is 0.947 bits per heavy atom. The first kappa shape index (κ1) is 29.4. The maximum atomic E-state index is 13.0. The van der Waals surface area contributed by atoms with Gasteiger partial charge >= 0.3 is 6.03 Å². The number of carbonyl (C=O) groups is 2. The molecule has 3 fully saturated rings. The molecule has 0 radical (unpaired) electrons. The Kier molecular flexibility index (Phi) is 8.91. The number of rotatable bonds is 8. The molecule has 6 heteroatoms. The normalized spacial score (nSPS) is 37.1. The van der Waals surface area contributed by atoms with E-state index in [4.69, 9.17) is 0 Å². The lowest BCUT2D eigenvalue weighted by Gasteiger charge is -2.59. The summed E-state index contributed by atoms with van der Waals surface area (Å²) >= 11 is 0. The van der Waals surface area contributed by atoms with Crippen LogP contribution in [0.2, 0.25) is 0 Å². The molecule has 3 N–H and O–H groups in total. The van der Waals surface area contributed by atoms with E-state index >= 15 is 0 Å². The van der Waals surface area contributed by atoms with E-state index in [0.717, 1.165) is 30.8 Å². The summed E-state index contributed by atoms with van der Waals surface area (Å²) in [6.07, 6.45) is 12.7. The van der Waals surface area contributed by atoms with Crippen molar-refractivity contribution in [2.75, 3.05) is 20.1 Å². The number of hydrogen-bond acceptors (Lipinski definition) is 3. The lowest BCUT2D eigenvalue weighted by Crippen LogP contribution is -2.52. The largest absolute Gasteiger partial charge is 0.354 e. The molecule has 0 spiro atoms. The number of hydrogen-bond donors (Lipinski definition) is 3. The molecule has 8 atom stereocenters. The molecule has 0 bridgehead atoms. The van der Waals surface area contributed by atoms with Gasteiger partial charge in [0.15, 0.2) is 0 Å². The molecule has 0 aromatic heterocycles. The number of carbonyl (C=O) groups excluding carboxylic acids is 2. The molecular formula is C32H56N4O2. The second-order valence-corrected chi connectivity index (χ2v) is 14.3. The lowest BCUT2D eigenvalue weighted by atomic mass is 9.46. The van der Waals surface area contributed by atoms with Crippen LogP contribution < -0.4 is 16.0 Å². The monoisotopic (exact) mass is 528 g/mol. The van der Waals surface area contributed by atoms with E-state index < -0.39 is 0 Å². The van der Waals surface area contributed by atoms with Crippen LogP contribution in [-0.4, -0.2) is 55.1 Å². The third-order valence-corrected chi connectivity index (χ3v) is 11.2. The van der Waals surface area contributed by atoms with E-state index in [1.807, 2.05) is 20.9 Å². The predicted molar refractivity (Wildman–Crippen MR) is 156 cm³/mol. The fourth-order valence-corrected chi connectivity index (χ4v) is 9.23. The van der Waals surface area contributed by atoms with Crippen molar-refractivity contribution >= 4 is 11.9 Å². The van der Waals surface area contributed by atoms with Crippen molar-refractivity contribution in [1.82, 2.24) is 20.9 Å². The molecule has 4 unspecified atom stereocenters. The highest BCUT2D eigenvalue weighted by atomic mass is 16.2. The first-order valence-corrected chi connectivity index (χ1v) is 15.6. The molecule has 3 saturated carbocycles. The average Bonchev–Trinajstić information content (AvgIpc) is 3.19. The van der Waals surface area contributed by atoms with Crippen molar-refractivity contribution in [1.29, 1.82) is 0 Å². The van der Waals surface area contributed by atoms with Crippen LogP contribution in [0.25, 0.3) is 0 Å². The lowest BCUT2D eigenvalue weighted by molar-refractivity contribution is -0.130. The summed E-state index contributed by atoms with van der Waals surface area (Å²) in [6.45, 7) is 17.0. The zero-order valence-corrected chi connectivity index (χ0v) is 25.5. The minimum Gasteiger partial charge on any atom is -0.354 e. The van der Waals surface area contributed by atoms with Crippen LogP contribution in [0.5, 0.6) is 0 Å². The topological polar surface area (TPSA) is 73.5 Å². The molecule has 4 rings (SSSR count). The number of amides is 3. The summed E-state index contributed by atoms with van der Waals surface area (Å²) in [5, 5.41) is 9.89. The van der Waals surface area contributed by atoms with Gasteiger partial charge in [0.05, 0.1) is 0 Å². The van der Waals surface area contributed by atoms with Gasteiger partial charge in [-0.3, -0.25) is 4.79 Å². The summed E-state index contributed by atoms with van der Waals surface area (Å²) in [4.78, 5) is 26.9. The maximum absolute atomic E-state index is 13.0. The first-order chi connectivity index (χ1) is 17.9. The summed E-state index contributed by atoms with van der Waals surface area (Å²) < 4.78 is 0. The van der Waals surface area contributed by atoms with Crippen LogP contribution in [0, 0.1) is 40.4 Å². The highest BCUT2D eigenvalue weighted by Crippen LogP contribution is 2.67. The molecule has 0 aromatic carbocycles. The van der Waals surface area contributed by atoms with Crippen molar-refractivity contribution < 1.29 is 9.59 Å². The van der Waals surface area contributed by atoms with Gasteiger partial charge in [-0.15, -0.1) is 0 Å². The van der Waals surface area contributed by atoms with E-state index in [1.165, 1.54) is 51.4 Å². The van der Waals surface area contributed by atoms with E-state index in [2.05, 4.69) is 56.6 Å². The Bertz CT molecular complexity index is 900. The fourth-order valence-electron chi connectivity index (χ4n) is 9.23. The molecule has 4 aliphatic rings. The molecule has 216 valence electrons. The van der Waals surface area contributed by atoms with Gasteiger partial charge in [-0.1, -0.05) is 32.4 Å². The van der Waals surface area contributed by atoms with Gasteiger partial charge in [0.2, 0.25) is 5.91 Å². The summed E-state index contributed by atoms with van der Waals surface area (Å²) in [5.41, 5.74) is 2.32. The van der Waals surface area contributed by atoms with Crippen LogP contribution >= 0.6 is 0 Å².